The van der Waals surface area contributed by atoms with E-state index in [0.29, 0.717) is 23.1 Å². The molecule has 0 spiro atoms. The van der Waals surface area contributed by atoms with Crippen molar-refractivity contribution in [1.82, 2.24) is 4.98 Å². The van der Waals surface area contributed by atoms with Crippen LogP contribution in [0, 0.1) is 0 Å². The summed E-state index contributed by atoms with van der Waals surface area (Å²) in [6.07, 6.45) is 4.62. The van der Waals surface area contributed by atoms with Gasteiger partial charge < -0.3 is 9.84 Å². The van der Waals surface area contributed by atoms with Gasteiger partial charge in [-0.3, -0.25) is 14.5 Å². The third-order valence-corrected chi connectivity index (χ3v) is 6.54. The van der Waals surface area contributed by atoms with E-state index in [4.69, 9.17) is 4.74 Å². The molecule has 3 aromatic carbocycles. The van der Waals surface area contributed by atoms with Gasteiger partial charge in [-0.25, -0.2) is 4.98 Å². The Kier molecular flexibility index (Phi) is 6.73. The van der Waals surface area contributed by atoms with Crippen LogP contribution in [0.4, 0.5) is 5.13 Å². The van der Waals surface area contributed by atoms with E-state index in [1.165, 1.54) is 22.3 Å². The summed E-state index contributed by atoms with van der Waals surface area (Å²) in [7, 11) is 0. The Bertz CT molecular complexity index is 1410. The highest BCUT2D eigenvalue weighted by Gasteiger charge is 2.44. The highest BCUT2D eigenvalue weighted by Crippen LogP contribution is 2.42. The van der Waals surface area contributed by atoms with Crippen molar-refractivity contribution in [2.45, 2.75) is 12.6 Å². The van der Waals surface area contributed by atoms with Gasteiger partial charge in [0.1, 0.15) is 12.4 Å². The van der Waals surface area contributed by atoms with Gasteiger partial charge in [0.25, 0.3) is 5.91 Å². The van der Waals surface area contributed by atoms with Crippen molar-refractivity contribution in [3.63, 3.8) is 0 Å². The second kappa shape index (κ2) is 10.4. The van der Waals surface area contributed by atoms with E-state index in [1.54, 1.807) is 41.9 Å². The molecule has 0 saturated heterocycles. The highest BCUT2D eigenvalue weighted by atomic mass is 32.1. The lowest BCUT2D eigenvalue weighted by atomic mass is 9.95. The lowest BCUT2D eigenvalue weighted by Crippen LogP contribution is -2.30. The zero-order valence-corrected chi connectivity index (χ0v) is 20.0. The standard InChI is InChI=1S/C29H22N2O4S/c32-24(16-11-20-7-3-1-4-8-20)25-26(31(28(34)27(25)33)29-30-17-18-36-29)22-12-14-23(15-13-22)35-19-21-9-5-2-6-10-21/h1-18,26,33H,19H2/b16-11+. The second-order valence-corrected chi connectivity index (χ2v) is 8.98. The molecule has 1 unspecified atom stereocenters. The van der Waals surface area contributed by atoms with Crippen molar-refractivity contribution >= 4 is 34.2 Å². The zero-order valence-electron chi connectivity index (χ0n) is 19.2. The molecule has 36 heavy (non-hydrogen) atoms. The fourth-order valence-electron chi connectivity index (χ4n) is 4.02. The van der Waals surface area contributed by atoms with Crippen LogP contribution in [0.1, 0.15) is 22.7 Å². The number of hydrogen-bond donors (Lipinski definition) is 1. The number of nitrogens with zero attached hydrogens (tertiary/aromatic N) is 2. The summed E-state index contributed by atoms with van der Waals surface area (Å²) < 4.78 is 5.88. The number of thiazole rings is 1. The zero-order chi connectivity index (χ0) is 24.9. The minimum Gasteiger partial charge on any atom is -0.503 e. The second-order valence-electron chi connectivity index (χ2n) is 8.11. The summed E-state index contributed by atoms with van der Waals surface area (Å²) in [4.78, 5) is 32.0. The maximum Gasteiger partial charge on any atom is 0.296 e. The molecule has 0 radical (unpaired) electrons. The summed E-state index contributed by atoms with van der Waals surface area (Å²) in [5.74, 6) is -1.02. The molecule has 1 aromatic heterocycles. The van der Waals surface area contributed by atoms with Crippen LogP contribution >= 0.6 is 11.3 Å². The smallest absolute Gasteiger partial charge is 0.296 e. The molecule has 2 heterocycles. The Morgan fingerprint density at radius 2 is 1.69 bits per heavy atom. The van der Waals surface area contributed by atoms with Crippen LogP contribution < -0.4 is 9.64 Å². The number of carbonyl (C=O) groups excluding carboxylic acids is 2. The first-order valence-electron chi connectivity index (χ1n) is 11.3. The molecule has 0 bridgehead atoms. The number of allylic oxidation sites excluding steroid dienone is 1. The van der Waals surface area contributed by atoms with Crippen LogP contribution in [-0.2, 0) is 16.2 Å². The molecule has 4 aromatic rings. The molecule has 5 rings (SSSR count). The number of carbonyl (C=O) groups is 2. The Morgan fingerprint density at radius 3 is 2.36 bits per heavy atom. The number of ether oxygens (including phenoxy) is 1. The van der Waals surface area contributed by atoms with Crippen molar-refractivity contribution in [3.8, 4) is 5.75 Å². The molecule has 1 atom stereocenters. The number of benzene rings is 3. The normalized spacial score (nSPS) is 15.6. The van der Waals surface area contributed by atoms with E-state index in [9.17, 15) is 14.7 Å². The molecular weight excluding hydrogens is 472 g/mol. The number of aliphatic hydroxyl groups excluding tert-OH is 1. The van der Waals surface area contributed by atoms with Crippen LogP contribution in [-0.4, -0.2) is 21.8 Å². The van der Waals surface area contributed by atoms with E-state index < -0.39 is 23.5 Å². The molecule has 1 aliphatic rings. The molecule has 1 amide bonds. The van der Waals surface area contributed by atoms with E-state index in [0.717, 1.165) is 11.1 Å². The largest absolute Gasteiger partial charge is 0.503 e. The summed E-state index contributed by atoms with van der Waals surface area (Å²) in [6.45, 7) is 0.419. The lowest BCUT2D eigenvalue weighted by Gasteiger charge is -2.24. The minimum absolute atomic E-state index is 0.0142. The van der Waals surface area contributed by atoms with Gasteiger partial charge in [0, 0.05) is 11.6 Å². The SMILES string of the molecule is O=C(/C=C/c1ccccc1)C1=C(O)C(=O)N(c2nccs2)C1c1ccc(OCc2ccccc2)cc1. The summed E-state index contributed by atoms with van der Waals surface area (Å²) in [6, 6.07) is 25.5. The van der Waals surface area contributed by atoms with Gasteiger partial charge in [-0.15, -0.1) is 11.3 Å². The Hall–Kier alpha value is -4.49. The van der Waals surface area contributed by atoms with Crippen molar-refractivity contribution in [2.24, 2.45) is 0 Å². The third kappa shape index (κ3) is 4.82. The molecule has 6 nitrogen and oxygen atoms in total. The predicted octanol–water partition coefficient (Wildman–Crippen LogP) is 5.90. The molecule has 7 heteroatoms. The molecule has 0 fully saturated rings. The average molecular weight is 495 g/mol. The number of ketones is 1. The maximum atomic E-state index is 13.3. The van der Waals surface area contributed by atoms with Gasteiger partial charge in [0.05, 0.1) is 11.6 Å². The molecule has 178 valence electrons. The highest BCUT2D eigenvalue weighted by molar-refractivity contribution is 7.13. The van der Waals surface area contributed by atoms with Crippen LogP contribution in [0.15, 0.2) is 114 Å². The predicted molar refractivity (Wildman–Crippen MR) is 140 cm³/mol. The van der Waals surface area contributed by atoms with Gasteiger partial charge in [0.2, 0.25) is 0 Å². The van der Waals surface area contributed by atoms with Gasteiger partial charge >= 0.3 is 0 Å². The van der Waals surface area contributed by atoms with Crippen molar-refractivity contribution in [3.05, 3.63) is 131 Å². The molecule has 0 saturated carbocycles. The van der Waals surface area contributed by atoms with E-state index in [1.807, 2.05) is 60.7 Å². The number of anilines is 1. The molecule has 0 aliphatic carbocycles. The molecule has 1 N–H and O–H groups in total. The third-order valence-electron chi connectivity index (χ3n) is 5.77. The van der Waals surface area contributed by atoms with Crippen molar-refractivity contribution in [1.29, 1.82) is 0 Å². The Labute approximate surface area is 212 Å². The number of rotatable bonds is 8. The fraction of sp³-hybridized carbons (Fsp3) is 0.0690. The van der Waals surface area contributed by atoms with Gasteiger partial charge in [-0.1, -0.05) is 78.9 Å². The molecular formula is C29H22N2O4S. The number of aromatic nitrogens is 1. The molecule has 1 aliphatic heterocycles. The first-order chi connectivity index (χ1) is 17.6. The van der Waals surface area contributed by atoms with Crippen LogP contribution in [0.5, 0.6) is 5.75 Å². The maximum absolute atomic E-state index is 13.3. The Balaban J connectivity index is 1.45. The van der Waals surface area contributed by atoms with Crippen molar-refractivity contribution in [2.75, 3.05) is 4.90 Å². The average Bonchev–Trinajstić information content (AvgIpc) is 3.54. The van der Waals surface area contributed by atoms with Crippen molar-refractivity contribution < 1.29 is 19.4 Å². The topological polar surface area (TPSA) is 79.7 Å². The van der Waals surface area contributed by atoms with E-state index in [2.05, 4.69) is 4.98 Å². The van der Waals surface area contributed by atoms with Gasteiger partial charge in [0.15, 0.2) is 16.7 Å². The minimum atomic E-state index is -0.820. The monoisotopic (exact) mass is 494 g/mol. The van der Waals surface area contributed by atoms with Crippen LogP contribution in [0.2, 0.25) is 0 Å². The Morgan fingerprint density at radius 1 is 1.00 bits per heavy atom. The number of aliphatic hydroxyl groups is 1. The van der Waals surface area contributed by atoms with Crippen LogP contribution in [0.25, 0.3) is 6.08 Å². The van der Waals surface area contributed by atoms with E-state index >= 15 is 0 Å². The lowest BCUT2D eigenvalue weighted by molar-refractivity contribution is -0.117. The summed E-state index contributed by atoms with van der Waals surface area (Å²) in [5.41, 5.74) is 2.55. The first kappa shape index (κ1) is 23.3. The fourth-order valence-corrected chi connectivity index (χ4v) is 4.68. The summed E-state index contributed by atoms with van der Waals surface area (Å²) in [5, 5.41) is 12.9. The number of hydrogen-bond acceptors (Lipinski definition) is 6. The first-order valence-corrected chi connectivity index (χ1v) is 12.2. The summed E-state index contributed by atoms with van der Waals surface area (Å²) >= 11 is 1.26. The van der Waals surface area contributed by atoms with Gasteiger partial charge in [-0.05, 0) is 34.9 Å². The van der Waals surface area contributed by atoms with Crippen LogP contribution in [0.3, 0.4) is 0 Å². The quantitative estimate of drug-likeness (QED) is 0.308. The van der Waals surface area contributed by atoms with E-state index in [-0.39, 0.29) is 5.57 Å². The number of amides is 1. The van der Waals surface area contributed by atoms with Gasteiger partial charge in [-0.2, -0.15) is 0 Å².